The minimum Gasteiger partial charge on any atom is -0.493 e. The summed E-state index contributed by atoms with van der Waals surface area (Å²) in [6, 6.07) is 15.1. The van der Waals surface area contributed by atoms with Crippen molar-refractivity contribution in [2.45, 2.75) is 12.5 Å². The molecule has 140 valence electrons. The zero-order valence-electron chi connectivity index (χ0n) is 15.4. The van der Waals surface area contributed by atoms with Gasteiger partial charge in [0.15, 0.2) is 17.1 Å². The highest BCUT2D eigenvalue weighted by atomic mass is 16.5. The Morgan fingerprint density at radius 3 is 2.70 bits per heavy atom. The molecule has 6 heteroatoms. The number of ether oxygens (including phenoxy) is 2. The Bertz CT molecular complexity index is 948. The van der Waals surface area contributed by atoms with Crippen LogP contribution in [0.4, 0.5) is 11.4 Å². The lowest BCUT2D eigenvalue weighted by Crippen LogP contribution is -2.22. The molecule has 27 heavy (non-hydrogen) atoms. The van der Waals surface area contributed by atoms with Gasteiger partial charge in [0.2, 0.25) is 0 Å². The van der Waals surface area contributed by atoms with E-state index in [-0.39, 0.29) is 17.8 Å². The molecule has 1 amide bonds. The predicted octanol–water partition coefficient (Wildman–Crippen LogP) is 3.92. The van der Waals surface area contributed by atoms with Crippen LogP contribution in [0.5, 0.6) is 5.75 Å². The Kier molecular flexibility index (Phi) is 4.73. The van der Waals surface area contributed by atoms with Crippen molar-refractivity contribution in [2.24, 2.45) is 0 Å². The largest absolute Gasteiger partial charge is 0.493 e. The van der Waals surface area contributed by atoms with Crippen molar-refractivity contribution >= 4 is 28.3 Å². The third kappa shape index (κ3) is 3.48. The third-order valence-electron chi connectivity index (χ3n) is 4.92. The molecule has 1 aliphatic rings. The summed E-state index contributed by atoms with van der Waals surface area (Å²) in [7, 11) is 3.33. The van der Waals surface area contributed by atoms with E-state index in [0.29, 0.717) is 11.3 Å². The SMILES string of the molecule is COc1cccc2cc(C(=O)Nc3ccc(N4CCC(OC)C4)cc3)oc12. The highest BCUT2D eigenvalue weighted by Gasteiger charge is 2.22. The van der Waals surface area contributed by atoms with E-state index < -0.39 is 0 Å². The summed E-state index contributed by atoms with van der Waals surface area (Å²) in [5.41, 5.74) is 2.42. The molecule has 0 saturated carbocycles. The summed E-state index contributed by atoms with van der Waals surface area (Å²) in [5.74, 6) is 0.568. The van der Waals surface area contributed by atoms with E-state index in [1.165, 1.54) is 0 Å². The molecule has 3 aromatic rings. The van der Waals surface area contributed by atoms with Crippen molar-refractivity contribution in [2.75, 3.05) is 37.5 Å². The highest BCUT2D eigenvalue weighted by molar-refractivity contribution is 6.05. The van der Waals surface area contributed by atoms with Crippen LogP contribution in [0.25, 0.3) is 11.0 Å². The second kappa shape index (κ2) is 7.32. The van der Waals surface area contributed by atoms with Crippen LogP contribution in [0.3, 0.4) is 0 Å². The normalized spacial score (nSPS) is 16.7. The van der Waals surface area contributed by atoms with Gasteiger partial charge < -0.3 is 24.1 Å². The van der Waals surface area contributed by atoms with Crippen LogP contribution in [0.15, 0.2) is 52.9 Å². The first-order valence-corrected chi connectivity index (χ1v) is 8.93. The van der Waals surface area contributed by atoms with E-state index in [2.05, 4.69) is 10.2 Å². The molecule has 1 unspecified atom stereocenters. The van der Waals surface area contributed by atoms with Gasteiger partial charge in [-0.15, -0.1) is 0 Å². The van der Waals surface area contributed by atoms with Crippen molar-refractivity contribution in [3.63, 3.8) is 0 Å². The number of fused-ring (bicyclic) bond motifs is 1. The quantitative estimate of drug-likeness (QED) is 0.741. The first-order valence-electron chi connectivity index (χ1n) is 8.93. The van der Waals surface area contributed by atoms with E-state index in [1.807, 2.05) is 36.4 Å². The number of rotatable bonds is 5. The van der Waals surface area contributed by atoms with Crippen molar-refractivity contribution in [3.8, 4) is 5.75 Å². The van der Waals surface area contributed by atoms with Crippen molar-refractivity contribution < 1.29 is 18.7 Å². The predicted molar refractivity (Wildman–Crippen MR) is 105 cm³/mol. The number of benzene rings is 2. The van der Waals surface area contributed by atoms with Gasteiger partial charge in [-0.2, -0.15) is 0 Å². The van der Waals surface area contributed by atoms with E-state index in [9.17, 15) is 4.79 Å². The summed E-state index contributed by atoms with van der Waals surface area (Å²) in [5, 5.41) is 3.71. The van der Waals surface area contributed by atoms with E-state index in [1.54, 1.807) is 26.4 Å². The van der Waals surface area contributed by atoms with Crippen LogP contribution in [0.2, 0.25) is 0 Å². The molecule has 4 rings (SSSR count). The minimum atomic E-state index is -0.290. The summed E-state index contributed by atoms with van der Waals surface area (Å²) >= 11 is 0. The lowest BCUT2D eigenvalue weighted by atomic mass is 10.2. The molecule has 1 N–H and O–H groups in total. The smallest absolute Gasteiger partial charge is 0.291 e. The Labute approximate surface area is 157 Å². The number of carbonyl (C=O) groups is 1. The molecule has 1 saturated heterocycles. The van der Waals surface area contributed by atoms with Gasteiger partial charge in [-0.25, -0.2) is 0 Å². The number of amides is 1. The summed E-state index contributed by atoms with van der Waals surface area (Å²) < 4.78 is 16.4. The van der Waals surface area contributed by atoms with Gasteiger partial charge in [0.25, 0.3) is 5.91 Å². The minimum absolute atomic E-state index is 0.251. The maximum absolute atomic E-state index is 12.5. The van der Waals surface area contributed by atoms with Crippen LogP contribution in [-0.2, 0) is 4.74 Å². The molecular weight excluding hydrogens is 344 g/mol. The number of para-hydroxylation sites is 1. The zero-order chi connectivity index (χ0) is 18.8. The average molecular weight is 366 g/mol. The summed E-state index contributed by atoms with van der Waals surface area (Å²) in [6.07, 6.45) is 1.32. The van der Waals surface area contributed by atoms with Crippen LogP contribution in [-0.4, -0.2) is 39.3 Å². The first kappa shape index (κ1) is 17.4. The zero-order valence-corrected chi connectivity index (χ0v) is 15.4. The standard InChI is InChI=1S/C21H22N2O4/c1-25-17-10-11-23(13-17)16-8-6-15(7-9-16)22-21(24)19-12-14-4-3-5-18(26-2)20(14)27-19/h3-9,12,17H,10-11,13H2,1-2H3,(H,22,24). The third-order valence-corrected chi connectivity index (χ3v) is 4.92. The number of nitrogens with one attached hydrogen (secondary N) is 1. The van der Waals surface area contributed by atoms with Gasteiger partial charge in [-0.1, -0.05) is 12.1 Å². The number of furan rings is 1. The Balaban J connectivity index is 1.47. The molecule has 1 aliphatic heterocycles. The number of hydrogen-bond acceptors (Lipinski definition) is 5. The number of nitrogens with zero attached hydrogens (tertiary/aromatic N) is 1. The first-order chi connectivity index (χ1) is 13.2. The molecule has 0 radical (unpaired) electrons. The van der Waals surface area contributed by atoms with Crippen LogP contribution >= 0.6 is 0 Å². The number of hydrogen-bond donors (Lipinski definition) is 1. The van der Waals surface area contributed by atoms with Crippen molar-refractivity contribution in [1.82, 2.24) is 0 Å². The molecule has 2 heterocycles. The topological polar surface area (TPSA) is 63.9 Å². The molecule has 6 nitrogen and oxygen atoms in total. The summed E-state index contributed by atoms with van der Waals surface area (Å²) in [6.45, 7) is 1.87. The average Bonchev–Trinajstić information content (AvgIpc) is 3.35. The molecule has 1 fully saturated rings. The molecule has 0 spiro atoms. The lowest BCUT2D eigenvalue weighted by Gasteiger charge is -2.18. The second-order valence-corrected chi connectivity index (χ2v) is 6.58. The fraction of sp³-hybridized carbons (Fsp3) is 0.286. The van der Waals surface area contributed by atoms with Crippen LogP contribution < -0.4 is 15.0 Å². The fourth-order valence-electron chi connectivity index (χ4n) is 3.41. The summed E-state index contributed by atoms with van der Waals surface area (Å²) in [4.78, 5) is 14.8. The fourth-order valence-corrected chi connectivity index (χ4v) is 3.41. The van der Waals surface area contributed by atoms with E-state index in [0.717, 1.165) is 36.3 Å². The number of anilines is 2. The van der Waals surface area contributed by atoms with Crippen molar-refractivity contribution in [1.29, 1.82) is 0 Å². The highest BCUT2D eigenvalue weighted by Crippen LogP contribution is 2.29. The van der Waals surface area contributed by atoms with Crippen LogP contribution in [0.1, 0.15) is 17.0 Å². The maximum atomic E-state index is 12.5. The monoisotopic (exact) mass is 366 g/mol. The van der Waals surface area contributed by atoms with E-state index in [4.69, 9.17) is 13.9 Å². The van der Waals surface area contributed by atoms with Gasteiger partial charge in [-0.05, 0) is 42.8 Å². The van der Waals surface area contributed by atoms with E-state index >= 15 is 0 Å². The molecule has 0 bridgehead atoms. The molecular formula is C21H22N2O4. The lowest BCUT2D eigenvalue weighted by molar-refractivity contribution is 0.0998. The van der Waals surface area contributed by atoms with Crippen molar-refractivity contribution in [3.05, 3.63) is 54.3 Å². The Morgan fingerprint density at radius 2 is 2.00 bits per heavy atom. The van der Waals surface area contributed by atoms with Crippen LogP contribution in [0, 0.1) is 0 Å². The Hall–Kier alpha value is -2.99. The number of carbonyl (C=O) groups excluding carboxylic acids is 1. The van der Waals surface area contributed by atoms with Gasteiger partial charge in [-0.3, -0.25) is 4.79 Å². The molecule has 1 atom stereocenters. The molecule has 2 aromatic carbocycles. The molecule has 1 aromatic heterocycles. The van der Waals surface area contributed by atoms with Gasteiger partial charge in [0.1, 0.15) is 0 Å². The maximum Gasteiger partial charge on any atom is 0.291 e. The second-order valence-electron chi connectivity index (χ2n) is 6.58. The Morgan fingerprint density at radius 1 is 1.19 bits per heavy atom. The number of methoxy groups -OCH3 is 2. The van der Waals surface area contributed by atoms with Gasteiger partial charge >= 0.3 is 0 Å². The molecule has 0 aliphatic carbocycles. The van der Waals surface area contributed by atoms with Gasteiger partial charge in [0.05, 0.1) is 13.2 Å². The van der Waals surface area contributed by atoms with Gasteiger partial charge in [0, 0.05) is 37.0 Å².